The number of hydrogen-bond donors (Lipinski definition) is 0. The Bertz CT molecular complexity index is 1370. The summed E-state index contributed by atoms with van der Waals surface area (Å²) in [7, 11) is -3.68. The summed E-state index contributed by atoms with van der Waals surface area (Å²) in [5.41, 5.74) is 4.80. The van der Waals surface area contributed by atoms with E-state index in [1.807, 2.05) is 49.7 Å². The van der Waals surface area contributed by atoms with E-state index in [0.717, 1.165) is 51.1 Å². The summed E-state index contributed by atoms with van der Waals surface area (Å²) in [6, 6.07) is 14.9. The number of sulfonamides is 1. The first kappa shape index (κ1) is 18.8. The lowest BCUT2D eigenvalue weighted by molar-refractivity contribution is 0.591. The molecule has 0 amide bonds. The minimum Gasteiger partial charge on any atom is -0.315 e. The molecule has 0 radical (unpaired) electrons. The molecule has 3 aliphatic rings. The van der Waals surface area contributed by atoms with E-state index < -0.39 is 10.0 Å². The van der Waals surface area contributed by atoms with Gasteiger partial charge in [0.15, 0.2) is 0 Å². The van der Waals surface area contributed by atoms with Crippen molar-refractivity contribution < 1.29 is 8.42 Å². The van der Waals surface area contributed by atoms with E-state index in [1.54, 1.807) is 27.8 Å². The van der Waals surface area contributed by atoms with E-state index in [4.69, 9.17) is 4.99 Å². The third-order valence-corrected chi connectivity index (χ3v) is 8.95. The van der Waals surface area contributed by atoms with Crippen LogP contribution in [-0.2, 0) is 16.4 Å². The van der Waals surface area contributed by atoms with Crippen LogP contribution in [0.4, 0.5) is 10.7 Å². The SMILES string of the molecule is Cc1ccc(S(=O)(=O)N2CCc3sc4c(c3-c3ccccc32)C2=NCCN2C=N4)cc1. The van der Waals surface area contributed by atoms with Crippen LogP contribution in [0.2, 0.25) is 0 Å². The largest absolute Gasteiger partial charge is 0.315 e. The molecule has 156 valence electrons. The summed E-state index contributed by atoms with van der Waals surface area (Å²) in [6.45, 7) is 3.93. The van der Waals surface area contributed by atoms with Gasteiger partial charge in [0.05, 0.1) is 29.0 Å². The fraction of sp³-hybridized carbons (Fsp3) is 0.217. The lowest BCUT2D eigenvalue weighted by atomic mass is 9.98. The number of aryl methyl sites for hydroxylation is 1. The van der Waals surface area contributed by atoms with Crippen LogP contribution in [0.1, 0.15) is 16.0 Å². The van der Waals surface area contributed by atoms with Gasteiger partial charge >= 0.3 is 0 Å². The lowest BCUT2D eigenvalue weighted by Crippen LogP contribution is -2.32. The molecule has 6 nitrogen and oxygen atoms in total. The van der Waals surface area contributed by atoms with Crippen LogP contribution < -0.4 is 4.31 Å². The lowest BCUT2D eigenvalue weighted by Gasteiger charge is -2.25. The van der Waals surface area contributed by atoms with Gasteiger partial charge in [0.1, 0.15) is 10.8 Å². The number of anilines is 1. The number of thiophene rings is 1. The van der Waals surface area contributed by atoms with Gasteiger partial charge in [0.25, 0.3) is 10.0 Å². The Hall–Kier alpha value is -2.97. The van der Waals surface area contributed by atoms with Crippen molar-refractivity contribution in [3.05, 3.63) is 64.5 Å². The maximum absolute atomic E-state index is 13.6. The highest BCUT2D eigenvalue weighted by molar-refractivity contribution is 7.92. The molecule has 2 aromatic carbocycles. The van der Waals surface area contributed by atoms with Crippen LogP contribution in [0.15, 0.2) is 63.4 Å². The van der Waals surface area contributed by atoms with E-state index in [-0.39, 0.29) is 0 Å². The molecule has 0 aliphatic carbocycles. The third kappa shape index (κ3) is 2.78. The van der Waals surface area contributed by atoms with Gasteiger partial charge in [-0.05, 0) is 25.1 Å². The van der Waals surface area contributed by atoms with Crippen LogP contribution in [-0.4, -0.2) is 45.1 Å². The molecule has 3 aromatic rings. The zero-order valence-corrected chi connectivity index (χ0v) is 18.6. The first-order chi connectivity index (χ1) is 15.0. The summed E-state index contributed by atoms with van der Waals surface area (Å²) in [6.07, 6.45) is 2.50. The Morgan fingerprint density at radius 3 is 2.65 bits per heavy atom. The molecule has 0 saturated heterocycles. The number of benzene rings is 2. The first-order valence-corrected chi connectivity index (χ1v) is 12.5. The van der Waals surface area contributed by atoms with Crippen LogP contribution in [0.5, 0.6) is 0 Å². The normalized spacial score (nSPS) is 16.9. The number of hydrogen-bond acceptors (Lipinski definition) is 6. The highest BCUT2D eigenvalue weighted by Gasteiger charge is 2.36. The smallest absolute Gasteiger partial charge is 0.264 e. The number of amidine groups is 1. The van der Waals surface area contributed by atoms with E-state index in [1.165, 1.54) is 0 Å². The van der Waals surface area contributed by atoms with E-state index >= 15 is 0 Å². The van der Waals surface area contributed by atoms with Gasteiger partial charge in [-0.1, -0.05) is 35.9 Å². The van der Waals surface area contributed by atoms with Gasteiger partial charge in [-0.2, -0.15) is 0 Å². The summed E-state index contributed by atoms with van der Waals surface area (Å²) >= 11 is 1.65. The van der Waals surface area contributed by atoms with Gasteiger partial charge in [0.2, 0.25) is 0 Å². The van der Waals surface area contributed by atoms with Gasteiger partial charge < -0.3 is 4.90 Å². The zero-order chi connectivity index (χ0) is 21.2. The molecule has 0 spiro atoms. The molecular formula is C23H20N4O2S2. The van der Waals surface area contributed by atoms with Crippen molar-refractivity contribution in [1.82, 2.24) is 4.90 Å². The van der Waals surface area contributed by atoms with Crippen LogP contribution in [0.25, 0.3) is 11.1 Å². The number of nitrogens with zero attached hydrogens (tertiary/aromatic N) is 4. The Kier molecular flexibility index (Phi) is 4.10. The second-order valence-electron chi connectivity index (χ2n) is 7.88. The van der Waals surface area contributed by atoms with Crippen molar-refractivity contribution >= 4 is 44.2 Å². The molecule has 0 fully saturated rings. The fourth-order valence-electron chi connectivity index (χ4n) is 4.46. The van der Waals surface area contributed by atoms with Crippen LogP contribution >= 0.6 is 11.3 Å². The van der Waals surface area contributed by atoms with Crippen LogP contribution in [0.3, 0.4) is 0 Å². The Labute approximate surface area is 185 Å². The maximum atomic E-state index is 13.6. The van der Waals surface area contributed by atoms with Gasteiger partial charge in [-0.15, -0.1) is 11.3 Å². The monoisotopic (exact) mass is 448 g/mol. The minimum absolute atomic E-state index is 0.316. The van der Waals surface area contributed by atoms with E-state index in [0.29, 0.717) is 23.5 Å². The summed E-state index contributed by atoms with van der Waals surface area (Å²) in [4.78, 5) is 13.0. The number of aliphatic imine (C=N–C) groups is 2. The molecule has 0 bridgehead atoms. The maximum Gasteiger partial charge on any atom is 0.264 e. The van der Waals surface area contributed by atoms with Gasteiger partial charge in [0, 0.05) is 35.5 Å². The number of para-hydroxylation sites is 1. The Morgan fingerprint density at radius 2 is 1.81 bits per heavy atom. The Morgan fingerprint density at radius 1 is 1.00 bits per heavy atom. The second-order valence-corrected chi connectivity index (χ2v) is 10.8. The second kappa shape index (κ2) is 6.77. The number of fused-ring (bicyclic) bond motifs is 7. The number of rotatable bonds is 2. The molecular weight excluding hydrogens is 428 g/mol. The molecule has 0 saturated carbocycles. The third-order valence-electron chi connectivity index (χ3n) is 5.97. The molecule has 8 heteroatoms. The fourth-order valence-corrected chi connectivity index (χ4v) is 7.08. The van der Waals surface area contributed by atoms with Crippen molar-refractivity contribution in [2.75, 3.05) is 23.9 Å². The highest BCUT2D eigenvalue weighted by atomic mass is 32.2. The van der Waals surface area contributed by atoms with Gasteiger partial charge in [-0.3, -0.25) is 9.30 Å². The van der Waals surface area contributed by atoms with Crippen molar-refractivity contribution in [1.29, 1.82) is 0 Å². The molecule has 0 unspecified atom stereocenters. The summed E-state index contributed by atoms with van der Waals surface area (Å²) in [5, 5.41) is 0.964. The van der Waals surface area contributed by atoms with Gasteiger partial charge in [-0.25, -0.2) is 13.4 Å². The van der Waals surface area contributed by atoms with Crippen LogP contribution in [0, 0.1) is 6.92 Å². The molecule has 6 rings (SSSR count). The zero-order valence-electron chi connectivity index (χ0n) is 16.9. The quantitative estimate of drug-likeness (QED) is 0.590. The molecule has 4 heterocycles. The highest BCUT2D eigenvalue weighted by Crippen LogP contribution is 2.49. The average Bonchev–Trinajstić information content (AvgIpc) is 3.34. The molecule has 0 atom stereocenters. The Balaban J connectivity index is 1.55. The first-order valence-electron chi connectivity index (χ1n) is 10.2. The van der Waals surface area contributed by atoms with Crippen molar-refractivity contribution in [2.45, 2.75) is 18.2 Å². The summed E-state index contributed by atoms with van der Waals surface area (Å²) in [5.74, 6) is 0.951. The predicted molar refractivity (Wildman–Crippen MR) is 125 cm³/mol. The molecule has 3 aliphatic heterocycles. The minimum atomic E-state index is -3.68. The predicted octanol–water partition coefficient (Wildman–Crippen LogP) is 4.21. The van der Waals surface area contributed by atoms with E-state index in [9.17, 15) is 8.42 Å². The van der Waals surface area contributed by atoms with Crippen molar-refractivity contribution in [2.24, 2.45) is 9.98 Å². The van der Waals surface area contributed by atoms with E-state index in [2.05, 4.69) is 9.89 Å². The standard InChI is InChI=1S/C23H20N4O2S2/c1-15-6-8-16(9-7-15)31(28,29)27-12-10-19-20(17-4-2-3-5-18(17)27)21-22-24-11-13-26(22)14-25-23(21)30-19/h2-9,14H,10-13H2,1H3. The van der Waals surface area contributed by atoms with Crippen molar-refractivity contribution in [3.8, 4) is 11.1 Å². The molecule has 0 N–H and O–H groups in total. The topological polar surface area (TPSA) is 65.3 Å². The van der Waals surface area contributed by atoms with Crippen molar-refractivity contribution in [3.63, 3.8) is 0 Å². The molecule has 31 heavy (non-hydrogen) atoms. The summed E-state index contributed by atoms with van der Waals surface area (Å²) < 4.78 is 28.8. The molecule has 1 aromatic heterocycles. The average molecular weight is 449 g/mol.